The maximum absolute atomic E-state index is 8.51. The molecule has 1 rings (SSSR count). The monoisotopic (exact) mass is 182 g/mol. The van der Waals surface area contributed by atoms with Crippen molar-refractivity contribution in [2.75, 3.05) is 6.61 Å². The number of hydrogen-bond donors (Lipinski definition) is 2. The summed E-state index contributed by atoms with van der Waals surface area (Å²) in [5.74, 6) is 0. The molecular formula is C10H14O3. The summed E-state index contributed by atoms with van der Waals surface area (Å²) in [5.41, 5.74) is 2.23. The van der Waals surface area contributed by atoms with Gasteiger partial charge in [0.15, 0.2) is 6.29 Å². The first-order valence-corrected chi connectivity index (χ1v) is 4.18. The average Bonchev–Trinajstić information content (AvgIpc) is 2.08. The van der Waals surface area contributed by atoms with Crippen molar-refractivity contribution in [1.82, 2.24) is 0 Å². The molecule has 0 heterocycles. The fraction of sp³-hybridized carbons (Fsp3) is 0.400. The largest absolute Gasteiger partial charge is 0.372 e. The Balaban J connectivity index is 2.33. The molecule has 0 aliphatic carbocycles. The summed E-state index contributed by atoms with van der Waals surface area (Å²) in [6, 6.07) is 7.90. The van der Waals surface area contributed by atoms with Crippen LogP contribution in [-0.2, 0) is 11.3 Å². The van der Waals surface area contributed by atoms with E-state index in [4.69, 9.17) is 14.9 Å². The van der Waals surface area contributed by atoms with Gasteiger partial charge in [0.25, 0.3) is 0 Å². The number of ether oxygens (including phenoxy) is 1. The summed E-state index contributed by atoms with van der Waals surface area (Å²) in [6.07, 6.45) is -1.38. The molecular weight excluding hydrogens is 168 g/mol. The summed E-state index contributed by atoms with van der Waals surface area (Å²) in [5, 5.41) is 17.0. The minimum atomic E-state index is -1.38. The van der Waals surface area contributed by atoms with E-state index in [1.807, 2.05) is 31.2 Å². The quantitative estimate of drug-likeness (QED) is 0.678. The Kier molecular flexibility index (Phi) is 3.89. The zero-order valence-corrected chi connectivity index (χ0v) is 7.60. The lowest BCUT2D eigenvalue weighted by molar-refractivity contribution is -0.0981. The number of rotatable bonds is 4. The van der Waals surface area contributed by atoms with Crippen LogP contribution in [0.4, 0.5) is 0 Å². The smallest absolute Gasteiger partial charge is 0.175 e. The third-order valence-electron chi connectivity index (χ3n) is 1.66. The van der Waals surface area contributed by atoms with Gasteiger partial charge in [-0.1, -0.05) is 29.8 Å². The van der Waals surface area contributed by atoms with E-state index in [1.165, 1.54) is 5.56 Å². The van der Waals surface area contributed by atoms with Crippen molar-refractivity contribution in [2.24, 2.45) is 0 Å². The fourth-order valence-electron chi connectivity index (χ4n) is 0.966. The lowest BCUT2D eigenvalue weighted by Gasteiger charge is -2.05. The van der Waals surface area contributed by atoms with E-state index in [9.17, 15) is 0 Å². The molecule has 3 heteroatoms. The summed E-state index contributed by atoms with van der Waals surface area (Å²) in [6.45, 7) is 2.38. The van der Waals surface area contributed by atoms with Crippen LogP contribution in [-0.4, -0.2) is 23.1 Å². The molecule has 0 radical (unpaired) electrons. The third-order valence-corrected chi connectivity index (χ3v) is 1.66. The van der Waals surface area contributed by atoms with Crippen LogP contribution < -0.4 is 0 Å². The van der Waals surface area contributed by atoms with Gasteiger partial charge in [0.2, 0.25) is 0 Å². The molecule has 0 saturated heterocycles. The molecule has 0 spiro atoms. The van der Waals surface area contributed by atoms with Crippen molar-refractivity contribution in [3.8, 4) is 0 Å². The standard InChI is InChI=1S/C10H14O3/c1-8-2-4-9(5-3-8)6-13-7-10(11)12/h2-5,10-12H,6-7H2,1H3. The Morgan fingerprint density at radius 1 is 1.23 bits per heavy atom. The van der Waals surface area contributed by atoms with Gasteiger partial charge < -0.3 is 14.9 Å². The maximum atomic E-state index is 8.51. The SMILES string of the molecule is Cc1ccc(COCC(O)O)cc1. The number of benzene rings is 1. The van der Waals surface area contributed by atoms with Gasteiger partial charge in [-0.15, -0.1) is 0 Å². The molecule has 1 aromatic carbocycles. The van der Waals surface area contributed by atoms with Crippen molar-refractivity contribution in [3.05, 3.63) is 35.4 Å². The number of hydrogen-bond acceptors (Lipinski definition) is 3. The van der Waals surface area contributed by atoms with Crippen LogP contribution in [0.15, 0.2) is 24.3 Å². The van der Waals surface area contributed by atoms with Crippen LogP contribution >= 0.6 is 0 Å². The van der Waals surface area contributed by atoms with Crippen molar-refractivity contribution >= 4 is 0 Å². The highest BCUT2D eigenvalue weighted by Gasteiger charge is 1.97. The van der Waals surface area contributed by atoms with Crippen LogP contribution in [0.2, 0.25) is 0 Å². The van der Waals surface area contributed by atoms with Crippen molar-refractivity contribution in [3.63, 3.8) is 0 Å². The highest BCUT2D eigenvalue weighted by molar-refractivity contribution is 5.20. The summed E-state index contributed by atoms with van der Waals surface area (Å²) in [4.78, 5) is 0. The Labute approximate surface area is 77.6 Å². The second kappa shape index (κ2) is 4.97. The molecule has 13 heavy (non-hydrogen) atoms. The highest BCUT2D eigenvalue weighted by atomic mass is 16.5. The van der Waals surface area contributed by atoms with Gasteiger partial charge in [-0.05, 0) is 12.5 Å². The Morgan fingerprint density at radius 3 is 2.38 bits per heavy atom. The summed E-state index contributed by atoms with van der Waals surface area (Å²) >= 11 is 0. The lowest BCUT2D eigenvalue weighted by atomic mass is 10.2. The van der Waals surface area contributed by atoms with E-state index in [0.29, 0.717) is 6.61 Å². The molecule has 0 bridgehead atoms. The molecule has 3 nitrogen and oxygen atoms in total. The molecule has 0 unspecified atom stereocenters. The zero-order valence-electron chi connectivity index (χ0n) is 7.60. The van der Waals surface area contributed by atoms with E-state index in [1.54, 1.807) is 0 Å². The number of aryl methyl sites for hydroxylation is 1. The van der Waals surface area contributed by atoms with Gasteiger partial charge in [-0.25, -0.2) is 0 Å². The van der Waals surface area contributed by atoms with E-state index >= 15 is 0 Å². The van der Waals surface area contributed by atoms with Gasteiger partial charge >= 0.3 is 0 Å². The second-order valence-corrected chi connectivity index (χ2v) is 2.98. The Morgan fingerprint density at radius 2 is 1.85 bits per heavy atom. The topological polar surface area (TPSA) is 49.7 Å². The van der Waals surface area contributed by atoms with E-state index in [0.717, 1.165) is 5.56 Å². The molecule has 0 fully saturated rings. The fourth-order valence-corrected chi connectivity index (χ4v) is 0.966. The Hall–Kier alpha value is -0.900. The first-order chi connectivity index (χ1) is 6.18. The van der Waals surface area contributed by atoms with Crippen LogP contribution in [0.1, 0.15) is 11.1 Å². The highest BCUT2D eigenvalue weighted by Crippen LogP contribution is 2.04. The molecule has 2 N–H and O–H groups in total. The zero-order chi connectivity index (χ0) is 9.68. The predicted molar refractivity (Wildman–Crippen MR) is 49.1 cm³/mol. The summed E-state index contributed by atoms with van der Waals surface area (Å²) in [7, 11) is 0. The maximum Gasteiger partial charge on any atom is 0.175 e. The van der Waals surface area contributed by atoms with Crippen LogP contribution in [0, 0.1) is 6.92 Å². The van der Waals surface area contributed by atoms with Gasteiger partial charge in [-0.3, -0.25) is 0 Å². The molecule has 0 aliphatic rings. The van der Waals surface area contributed by atoms with E-state index < -0.39 is 6.29 Å². The minimum absolute atomic E-state index is 0.0477. The van der Waals surface area contributed by atoms with Crippen molar-refractivity contribution < 1.29 is 14.9 Å². The number of aliphatic hydroxyl groups is 2. The third kappa shape index (κ3) is 4.03. The van der Waals surface area contributed by atoms with Gasteiger partial charge in [0, 0.05) is 0 Å². The minimum Gasteiger partial charge on any atom is -0.372 e. The number of aliphatic hydroxyl groups excluding tert-OH is 1. The summed E-state index contributed by atoms with van der Waals surface area (Å²) < 4.78 is 5.02. The molecule has 72 valence electrons. The van der Waals surface area contributed by atoms with E-state index in [-0.39, 0.29) is 6.61 Å². The van der Waals surface area contributed by atoms with Gasteiger partial charge in [0.05, 0.1) is 13.2 Å². The molecule has 0 atom stereocenters. The van der Waals surface area contributed by atoms with Gasteiger partial charge in [0.1, 0.15) is 0 Å². The van der Waals surface area contributed by atoms with Gasteiger partial charge in [-0.2, -0.15) is 0 Å². The van der Waals surface area contributed by atoms with Crippen LogP contribution in [0.5, 0.6) is 0 Å². The Bertz CT molecular complexity index is 241. The second-order valence-electron chi connectivity index (χ2n) is 2.98. The molecule has 1 aromatic rings. The predicted octanol–water partition coefficient (Wildman–Crippen LogP) is 0.822. The molecule has 0 saturated carbocycles. The van der Waals surface area contributed by atoms with Crippen molar-refractivity contribution in [1.29, 1.82) is 0 Å². The van der Waals surface area contributed by atoms with E-state index in [2.05, 4.69) is 0 Å². The first-order valence-electron chi connectivity index (χ1n) is 4.18. The molecule has 0 amide bonds. The lowest BCUT2D eigenvalue weighted by Crippen LogP contribution is -2.13. The van der Waals surface area contributed by atoms with Crippen molar-refractivity contribution in [2.45, 2.75) is 19.8 Å². The van der Waals surface area contributed by atoms with Crippen LogP contribution in [0.25, 0.3) is 0 Å². The molecule has 0 aromatic heterocycles. The molecule has 0 aliphatic heterocycles. The van der Waals surface area contributed by atoms with Crippen LogP contribution in [0.3, 0.4) is 0 Å². The first kappa shape index (κ1) is 10.2. The average molecular weight is 182 g/mol. The normalized spacial score (nSPS) is 10.8.